The Labute approximate surface area is 204 Å². The van der Waals surface area contributed by atoms with E-state index in [1.165, 1.54) is 12.1 Å². The van der Waals surface area contributed by atoms with Crippen LogP contribution in [0.4, 0.5) is 10.1 Å². The van der Waals surface area contributed by atoms with Gasteiger partial charge in [-0.2, -0.15) is 5.10 Å². The van der Waals surface area contributed by atoms with Gasteiger partial charge in [-0.05, 0) is 61.5 Å². The molecule has 0 unspecified atom stereocenters. The van der Waals surface area contributed by atoms with E-state index in [0.717, 1.165) is 17.1 Å². The Morgan fingerprint density at radius 2 is 1.74 bits per heavy atom. The van der Waals surface area contributed by atoms with E-state index in [1.54, 1.807) is 16.8 Å². The zero-order valence-electron chi connectivity index (χ0n) is 19.9. The van der Waals surface area contributed by atoms with Crippen LogP contribution in [0.15, 0.2) is 72.9 Å². The summed E-state index contributed by atoms with van der Waals surface area (Å²) in [6.07, 6.45) is 1.94. The highest BCUT2D eigenvalue weighted by atomic mass is 19.1. The molecule has 8 heteroatoms. The largest absolute Gasteiger partial charge is 0.492 e. The lowest BCUT2D eigenvalue weighted by molar-refractivity contribution is 0.0737. The van der Waals surface area contributed by atoms with Gasteiger partial charge in [0.05, 0.1) is 23.7 Å². The number of piperazine rings is 1. The molecule has 1 aliphatic heterocycles. The highest BCUT2D eigenvalue weighted by molar-refractivity contribution is 5.94. The number of rotatable bonds is 6. The number of anilines is 1. The number of aromatic nitrogens is 3. The summed E-state index contributed by atoms with van der Waals surface area (Å²) in [4.78, 5) is 17.8. The van der Waals surface area contributed by atoms with E-state index in [1.807, 2.05) is 66.0 Å². The van der Waals surface area contributed by atoms with Gasteiger partial charge in [-0.3, -0.25) is 4.79 Å². The van der Waals surface area contributed by atoms with Crippen molar-refractivity contribution in [2.24, 2.45) is 7.05 Å². The molecule has 0 spiro atoms. The van der Waals surface area contributed by atoms with Gasteiger partial charge in [0.15, 0.2) is 0 Å². The van der Waals surface area contributed by atoms with Crippen LogP contribution in [0.2, 0.25) is 0 Å². The summed E-state index contributed by atoms with van der Waals surface area (Å²) in [6, 6.07) is 19.7. The monoisotopic (exact) mass is 473 g/mol. The van der Waals surface area contributed by atoms with Crippen molar-refractivity contribution in [3.63, 3.8) is 0 Å². The van der Waals surface area contributed by atoms with E-state index < -0.39 is 0 Å². The molecule has 1 saturated heterocycles. The van der Waals surface area contributed by atoms with Crippen molar-refractivity contribution >= 4 is 11.6 Å². The number of hydrogen-bond acceptors (Lipinski definition) is 4. The third kappa shape index (κ3) is 4.51. The summed E-state index contributed by atoms with van der Waals surface area (Å²) < 4.78 is 22.9. The maximum absolute atomic E-state index is 13.7. The molecule has 0 saturated carbocycles. The highest BCUT2D eigenvalue weighted by Crippen LogP contribution is 2.29. The predicted octanol–water partition coefficient (Wildman–Crippen LogP) is 4.38. The van der Waals surface area contributed by atoms with E-state index in [-0.39, 0.29) is 11.7 Å². The quantitative estimate of drug-likeness (QED) is 0.417. The van der Waals surface area contributed by atoms with Gasteiger partial charge in [-0.25, -0.2) is 9.07 Å². The van der Waals surface area contributed by atoms with Crippen LogP contribution in [0.25, 0.3) is 17.1 Å². The summed E-state index contributed by atoms with van der Waals surface area (Å²) in [5.41, 5.74) is 3.73. The van der Waals surface area contributed by atoms with E-state index in [0.29, 0.717) is 49.9 Å². The van der Waals surface area contributed by atoms with Gasteiger partial charge in [0.1, 0.15) is 23.0 Å². The highest BCUT2D eigenvalue weighted by Gasteiger charge is 2.27. The number of halogens is 1. The average Bonchev–Trinajstić information content (AvgIpc) is 3.51. The molecule has 2 aromatic carbocycles. The maximum atomic E-state index is 13.7. The average molecular weight is 474 g/mol. The van der Waals surface area contributed by atoms with Crippen molar-refractivity contribution in [1.82, 2.24) is 19.2 Å². The first kappa shape index (κ1) is 22.7. The van der Waals surface area contributed by atoms with Crippen LogP contribution in [0.5, 0.6) is 5.75 Å². The molecule has 35 heavy (non-hydrogen) atoms. The lowest BCUT2D eigenvalue weighted by Gasteiger charge is -2.36. The van der Waals surface area contributed by atoms with Crippen molar-refractivity contribution in [2.75, 3.05) is 37.7 Å². The van der Waals surface area contributed by atoms with Crippen molar-refractivity contribution in [2.45, 2.75) is 6.92 Å². The first-order valence-corrected chi connectivity index (χ1v) is 11.8. The number of aryl methyl sites for hydroxylation is 1. The van der Waals surface area contributed by atoms with Crippen LogP contribution in [-0.2, 0) is 7.05 Å². The molecule has 5 rings (SSSR count). The van der Waals surface area contributed by atoms with Crippen LogP contribution in [-0.4, -0.2) is 57.9 Å². The number of ether oxygens (including phenoxy) is 1. The van der Waals surface area contributed by atoms with E-state index >= 15 is 0 Å². The van der Waals surface area contributed by atoms with E-state index in [4.69, 9.17) is 9.84 Å². The molecule has 1 aliphatic rings. The summed E-state index contributed by atoms with van der Waals surface area (Å²) in [7, 11) is 1.94. The molecule has 4 aromatic rings. The van der Waals surface area contributed by atoms with Gasteiger partial charge < -0.3 is 19.1 Å². The number of nitrogens with zero attached hydrogens (tertiary/aromatic N) is 5. The zero-order valence-corrected chi connectivity index (χ0v) is 19.9. The molecule has 7 nitrogen and oxygen atoms in total. The fourth-order valence-corrected chi connectivity index (χ4v) is 4.47. The standard InChI is InChI=1S/C27H28FN5O2/c1-3-35-26-9-5-4-7-24(26)31-15-17-32(18-16-31)27(34)25-19-22(23-8-6-14-30(23)2)29-33(25)21-12-10-20(28)11-13-21/h4-14,19H,3,15-18H2,1-2H3. The normalized spacial score (nSPS) is 13.8. The zero-order chi connectivity index (χ0) is 24.4. The van der Waals surface area contributed by atoms with E-state index in [9.17, 15) is 9.18 Å². The molecule has 180 valence electrons. The summed E-state index contributed by atoms with van der Waals surface area (Å²) in [5.74, 6) is 0.427. The summed E-state index contributed by atoms with van der Waals surface area (Å²) in [6.45, 7) is 5.13. The topological polar surface area (TPSA) is 55.5 Å². The lowest BCUT2D eigenvalue weighted by atomic mass is 10.2. The van der Waals surface area contributed by atoms with Crippen molar-refractivity contribution in [3.05, 3.63) is 84.4 Å². The summed E-state index contributed by atoms with van der Waals surface area (Å²) >= 11 is 0. The van der Waals surface area contributed by atoms with Gasteiger partial charge in [-0.1, -0.05) is 12.1 Å². The molecule has 2 aromatic heterocycles. The van der Waals surface area contributed by atoms with Crippen LogP contribution in [0.3, 0.4) is 0 Å². The third-order valence-electron chi connectivity index (χ3n) is 6.28. The number of hydrogen-bond donors (Lipinski definition) is 0. The molecule has 1 amide bonds. The second-order valence-corrected chi connectivity index (χ2v) is 8.49. The molecule has 3 heterocycles. The number of carbonyl (C=O) groups is 1. The molecular weight excluding hydrogens is 445 g/mol. The number of amides is 1. The molecule has 1 fully saturated rings. The number of carbonyl (C=O) groups excluding carboxylic acids is 1. The van der Waals surface area contributed by atoms with Crippen molar-refractivity contribution < 1.29 is 13.9 Å². The summed E-state index contributed by atoms with van der Waals surface area (Å²) in [5, 5.41) is 4.72. The Bertz CT molecular complexity index is 1320. The molecule has 0 N–H and O–H groups in total. The van der Waals surface area contributed by atoms with Crippen molar-refractivity contribution in [1.29, 1.82) is 0 Å². The molecule has 0 atom stereocenters. The minimum atomic E-state index is -0.333. The molecule has 0 bridgehead atoms. The second-order valence-electron chi connectivity index (χ2n) is 8.49. The molecule has 0 aliphatic carbocycles. The Hall–Kier alpha value is -4.07. The minimum Gasteiger partial charge on any atom is -0.492 e. The van der Waals surface area contributed by atoms with Crippen LogP contribution >= 0.6 is 0 Å². The van der Waals surface area contributed by atoms with Gasteiger partial charge in [0, 0.05) is 39.4 Å². The SMILES string of the molecule is CCOc1ccccc1N1CCN(C(=O)c2cc(-c3cccn3C)nn2-c2ccc(F)cc2)CC1. The van der Waals surface area contributed by atoms with Crippen LogP contribution in [0, 0.1) is 5.82 Å². The first-order valence-electron chi connectivity index (χ1n) is 11.8. The molecule has 0 radical (unpaired) electrons. The Kier molecular flexibility index (Phi) is 6.27. The van der Waals surface area contributed by atoms with E-state index in [2.05, 4.69) is 11.0 Å². The fourth-order valence-electron chi connectivity index (χ4n) is 4.47. The lowest BCUT2D eigenvalue weighted by Crippen LogP contribution is -2.49. The second kappa shape index (κ2) is 9.66. The molecular formula is C27H28FN5O2. The fraction of sp³-hybridized carbons (Fsp3) is 0.259. The first-order chi connectivity index (χ1) is 17.0. The van der Waals surface area contributed by atoms with Gasteiger partial charge in [0.25, 0.3) is 5.91 Å². The van der Waals surface area contributed by atoms with Crippen molar-refractivity contribution in [3.8, 4) is 22.8 Å². The van der Waals surface area contributed by atoms with Gasteiger partial charge in [0.2, 0.25) is 0 Å². The maximum Gasteiger partial charge on any atom is 0.272 e. The van der Waals surface area contributed by atoms with Crippen LogP contribution in [0.1, 0.15) is 17.4 Å². The van der Waals surface area contributed by atoms with Crippen LogP contribution < -0.4 is 9.64 Å². The van der Waals surface area contributed by atoms with Gasteiger partial charge >= 0.3 is 0 Å². The third-order valence-corrected chi connectivity index (χ3v) is 6.28. The Morgan fingerprint density at radius 1 is 1.00 bits per heavy atom. The number of benzene rings is 2. The Balaban J connectivity index is 1.41. The smallest absolute Gasteiger partial charge is 0.272 e. The Morgan fingerprint density at radius 3 is 2.43 bits per heavy atom. The predicted molar refractivity (Wildman–Crippen MR) is 134 cm³/mol. The van der Waals surface area contributed by atoms with Gasteiger partial charge in [-0.15, -0.1) is 0 Å². The minimum absolute atomic E-state index is 0.0972. The number of para-hydroxylation sites is 2.